The van der Waals surface area contributed by atoms with Gasteiger partial charge in [-0.2, -0.15) is 0 Å². The predicted molar refractivity (Wildman–Crippen MR) is 149 cm³/mol. The lowest BCUT2D eigenvalue weighted by molar-refractivity contribution is 0.174. The van der Waals surface area contributed by atoms with Crippen LogP contribution in [0.2, 0.25) is 0 Å². The molecule has 0 radical (unpaired) electrons. The van der Waals surface area contributed by atoms with Gasteiger partial charge in [0.1, 0.15) is 11.8 Å². The lowest BCUT2D eigenvalue weighted by Gasteiger charge is -2.40. The summed E-state index contributed by atoms with van der Waals surface area (Å²) in [6.07, 6.45) is 5.66. The monoisotopic (exact) mass is 543 g/mol. The Morgan fingerprint density at radius 1 is 1.00 bits per heavy atom. The van der Waals surface area contributed by atoms with Gasteiger partial charge in [0, 0.05) is 43.2 Å². The van der Waals surface area contributed by atoms with Gasteiger partial charge >= 0.3 is 0 Å². The van der Waals surface area contributed by atoms with Crippen LogP contribution in [-0.2, 0) is 0 Å². The average molecular weight is 544 g/mol. The topological polar surface area (TPSA) is 111 Å². The molecular formula is C29H33N7O4. The molecule has 1 N–H and O–H groups in total. The third kappa shape index (κ3) is 4.43. The minimum atomic E-state index is -0.393. The van der Waals surface area contributed by atoms with Gasteiger partial charge in [0.25, 0.3) is 5.56 Å². The van der Waals surface area contributed by atoms with Gasteiger partial charge in [0.2, 0.25) is 6.79 Å². The predicted octanol–water partition coefficient (Wildman–Crippen LogP) is 3.67. The number of anilines is 1. The van der Waals surface area contributed by atoms with E-state index < -0.39 is 6.04 Å². The number of para-hydroxylation sites is 2. The van der Waals surface area contributed by atoms with Gasteiger partial charge in [0.05, 0.1) is 24.4 Å². The molecule has 1 atom stereocenters. The van der Waals surface area contributed by atoms with Crippen molar-refractivity contribution in [1.82, 2.24) is 30.1 Å². The number of tetrazole rings is 1. The molecule has 11 heteroatoms. The molecule has 0 spiro atoms. The number of ether oxygens (including phenoxy) is 3. The maximum absolute atomic E-state index is 13.7. The van der Waals surface area contributed by atoms with Crippen LogP contribution in [0.1, 0.15) is 55.6 Å². The first-order valence-corrected chi connectivity index (χ1v) is 14.1. The van der Waals surface area contributed by atoms with Crippen molar-refractivity contribution in [2.75, 3.05) is 45.0 Å². The average Bonchev–Trinajstić information content (AvgIpc) is 3.67. The van der Waals surface area contributed by atoms with E-state index in [1.54, 1.807) is 7.11 Å². The summed E-state index contributed by atoms with van der Waals surface area (Å²) in [6, 6.07) is 13.7. The first-order valence-electron chi connectivity index (χ1n) is 14.1. The maximum atomic E-state index is 13.7. The molecule has 2 aromatic carbocycles. The zero-order valence-electron chi connectivity index (χ0n) is 22.6. The van der Waals surface area contributed by atoms with Gasteiger partial charge in [-0.05, 0) is 47.5 Å². The van der Waals surface area contributed by atoms with Crippen molar-refractivity contribution in [1.29, 1.82) is 0 Å². The van der Waals surface area contributed by atoms with E-state index in [4.69, 9.17) is 14.2 Å². The zero-order valence-corrected chi connectivity index (χ0v) is 22.6. The van der Waals surface area contributed by atoms with Crippen LogP contribution in [0, 0.1) is 0 Å². The molecule has 0 amide bonds. The van der Waals surface area contributed by atoms with Crippen LogP contribution in [0.15, 0.2) is 47.3 Å². The standard InChI is InChI=1S/C29H33N7O4/c1-38-24-10-6-5-9-23(24)34-11-13-35(14-12-34)27(28-31-32-33-36(28)20-7-3-2-4-8-20)21-15-19-16-25-26(40-18-39-25)17-22(19)30-29(21)37/h5-6,9-10,15-17,20,27H,2-4,7-8,11-14,18H2,1H3,(H,30,37)/t27-/m0/s1. The second kappa shape index (κ2) is 10.5. The summed E-state index contributed by atoms with van der Waals surface area (Å²) in [5.74, 6) is 2.90. The van der Waals surface area contributed by atoms with E-state index in [0.29, 0.717) is 22.6 Å². The number of pyridine rings is 1. The highest BCUT2D eigenvalue weighted by molar-refractivity contribution is 5.83. The fourth-order valence-corrected chi connectivity index (χ4v) is 6.39. The van der Waals surface area contributed by atoms with Crippen LogP contribution >= 0.6 is 0 Å². The fraction of sp³-hybridized carbons (Fsp3) is 0.448. The molecule has 1 saturated carbocycles. The number of piperazine rings is 1. The largest absolute Gasteiger partial charge is 0.495 e. The summed E-state index contributed by atoms with van der Waals surface area (Å²) in [5, 5.41) is 14.0. The number of fused-ring (bicyclic) bond motifs is 2. The van der Waals surface area contributed by atoms with Gasteiger partial charge in [-0.25, -0.2) is 4.68 Å². The first kappa shape index (κ1) is 24.9. The Morgan fingerprint density at radius 3 is 2.58 bits per heavy atom. The SMILES string of the molecule is COc1ccccc1N1CCN([C@@H](c2cc3cc4c(cc3[nH]c2=O)OCO4)c2nnnn2C2CCCCC2)CC1. The lowest BCUT2D eigenvalue weighted by Crippen LogP contribution is -2.49. The highest BCUT2D eigenvalue weighted by atomic mass is 16.7. The number of H-pyrrole nitrogens is 1. The molecule has 0 bridgehead atoms. The van der Waals surface area contributed by atoms with Gasteiger partial charge in [-0.1, -0.05) is 31.4 Å². The molecule has 1 aliphatic carbocycles. The first-order chi connectivity index (χ1) is 19.7. The Balaban J connectivity index is 1.27. The second-order valence-electron chi connectivity index (χ2n) is 10.7. The molecule has 40 heavy (non-hydrogen) atoms. The third-order valence-electron chi connectivity index (χ3n) is 8.45. The maximum Gasteiger partial charge on any atom is 0.253 e. The summed E-state index contributed by atoms with van der Waals surface area (Å²) in [7, 11) is 1.70. The van der Waals surface area contributed by atoms with E-state index in [-0.39, 0.29) is 18.4 Å². The molecule has 3 aliphatic rings. The van der Waals surface area contributed by atoms with Gasteiger partial charge in [0.15, 0.2) is 17.3 Å². The Kier molecular flexibility index (Phi) is 6.51. The minimum Gasteiger partial charge on any atom is -0.495 e. The van der Waals surface area contributed by atoms with Crippen LogP contribution in [0.3, 0.4) is 0 Å². The molecule has 2 fully saturated rings. The number of benzene rings is 2. The molecule has 0 unspecified atom stereocenters. The number of rotatable bonds is 6. The van der Waals surface area contributed by atoms with Crippen LogP contribution in [0.5, 0.6) is 17.2 Å². The summed E-state index contributed by atoms with van der Waals surface area (Å²) in [6.45, 7) is 3.22. The van der Waals surface area contributed by atoms with E-state index in [0.717, 1.165) is 74.5 Å². The van der Waals surface area contributed by atoms with Crippen molar-refractivity contribution in [3.05, 3.63) is 64.2 Å². The number of nitrogens with zero attached hydrogens (tertiary/aromatic N) is 6. The Hall–Kier alpha value is -4.12. The van der Waals surface area contributed by atoms with Crippen LogP contribution in [0.4, 0.5) is 5.69 Å². The normalized spacial score (nSPS) is 18.8. The minimum absolute atomic E-state index is 0.151. The van der Waals surface area contributed by atoms with Crippen molar-refractivity contribution >= 4 is 16.6 Å². The van der Waals surface area contributed by atoms with E-state index in [1.807, 2.05) is 41.1 Å². The lowest BCUT2D eigenvalue weighted by atomic mass is 9.95. The number of aromatic nitrogens is 5. The molecule has 1 saturated heterocycles. The number of hydrogen-bond donors (Lipinski definition) is 1. The number of methoxy groups -OCH3 is 1. The summed E-state index contributed by atoms with van der Waals surface area (Å²) < 4.78 is 18.8. The van der Waals surface area contributed by atoms with Crippen molar-refractivity contribution in [2.24, 2.45) is 0 Å². The van der Waals surface area contributed by atoms with Crippen LogP contribution in [-0.4, -0.2) is 70.2 Å². The number of aromatic amines is 1. The summed E-state index contributed by atoms with van der Waals surface area (Å²) >= 11 is 0. The summed E-state index contributed by atoms with van der Waals surface area (Å²) in [5.41, 5.74) is 2.27. The third-order valence-corrected chi connectivity index (χ3v) is 8.45. The highest BCUT2D eigenvalue weighted by Gasteiger charge is 2.35. The van der Waals surface area contributed by atoms with Crippen molar-refractivity contribution in [3.63, 3.8) is 0 Å². The Morgan fingerprint density at radius 2 is 1.77 bits per heavy atom. The van der Waals surface area contributed by atoms with E-state index in [9.17, 15) is 4.79 Å². The van der Waals surface area contributed by atoms with Crippen LogP contribution < -0.4 is 24.7 Å². The highest BCUT2D eigenvalue weighted by Crippen LogP contribution is 2.38. The molecule has 11 nitrogen and oxygen atoms in total. The molecule has 7 rings (SSSR count). The van der Waals surface area contributed by atoms with Gasteiger partial charge in [-0.3, -0.25) is 9.69 Å². The molecular weight excluding hydrogens is 510 g/mol. The molecule has 2 aliphatic heterocycles. The van der Waals surface area contributed by atoms with Gasteiger partial charge in [-0.15, -0.1) is 5.10 Å². The quantitative estimate of drug-likeness (QED) is 0.389. The van der Waals surface area contributed by atoms with Crippen molar-refractivity contribution in [3.8, 4) is 17.2 Å². The molecule has 208 valence electrons. The smallest absolute Gasteiger partial charge is 0.253 e. The fourth-order valence-electron chi connectivity index (χ4n) is 6.39. The molecule has 2 aromatic heterocycles. The van der Waals surface area contributed by atoms with E-state index >= 15 is 0 Å². The summed E-state index contributed by atoms with van der Waals surface area (Å²) in [4.78, 5) is 21.5. The number of nitrogens with one attached hydrogen (secondary N) is 1. The van der Waals surface area contributed by atoms with E-state index in [2.05, 4.69) is 36.4 Å². The number of hydrogen-bond acceptors (Lipinski definition) is 9. The Labute approximate surface area is 231 Å². The Bertz CT molecular complexity index is 1570. The molecule has 4 heterocycles. The van der Waals surface area contributed by atoms with Gasteiger partial charge < -0.3 is 24.1 Å². The molecule has 4 aromatic rings. The van der Waals surface area contributed by atoms with Crippen LogP contribution in [0.25, 0.3) is 10.9 Å². The van der Waals surface area contributed by atoms with E-state index in [1.165, 1.54) is 6.42 Å². The van der Waals surface area contributed by atoms with Crippen molar-refractivity contribution < 1.29 is 14.2 Å². The zero-order chi connectivity index (χ0) is 27.1. The van der Waals surface area contributed by atoms with Crippen molar-refractivity contribution in [2.45, 2.75) is 44.2 Å². The second-order valence-corrected chi connectivity index (χ2v) is 10.7.